The summed E-state index contributed by atoms with van der Waals surface area (Å²) in [4.78, 5) is 23.5. The Morgan fingerprint density at radius 3 is 2.43 bits per heavy atom. The highest BCUT2D eigenvalue weighted by molar-refractivity contribution is 7.85. The Bertz CT molecular complexity index is 533. The van der Waals surface area contributed by atoms with E-state index < -0.39 is 28.9 Å². The van der Waals surface area contributed by atoms with Crippen molar-refractivity contribution in [1.29, 1.82) is 0 Å². The number of carbonyl (C=O) groups excluding carboxylic acids is 2. The van der Waals surface area contributed by atoms with Gasteiger partial charge in [-0.05, 0) is 12.0 Å². The lowest BCUT2D eigenvalue weighted by molar-refractivity contribution is -0.143. The van der Waals surface area contributed by atoms with Crippen LogP contribution in [0.5, 0.6) is 0 Å². The van der Waals surface area contributed by atoms with Crippen LogP contribution in [0.4, 0.5) is 4.79 Å². The summed E-state index contributed by atoms with van der Waals surface area (Å²) in [5.41, 5.74) is 0.846. The zero-order valence-corrected chi connectivity index (χ0v) is 14.4. The first-order valence-electron chi connectivity index (χ1n) is 7.36. The Morgan fingerprint density at radius 1 is 1.22 bits per heavy atom. The van der Waals surface area contributed by atoms with Gasteiger partial charge in [0.25, 0.3) is 0 Å². The number of carbonyl (C=O) groups is 2. The van der Waals surface area contributed by atoms with Crippen molar-refractivity contribution in [2.24, 2.45) is 0 Å². The van der Waals surface area contributed by atoms with Crippen LogP contribution >= 0.6 is 0 Å². The number of esters is 1. The zero-order valence-electron chi connectivity index (χ0n) is 13.6. The largest absolute Gasteiger partial charge is 0.467 e. The highest BCUT2D eigenvalue weighted by Crippen LogP contribution is 2.04. The van der Waals surface area contributed by atoms with Gasteiger partial charge in [-0.1, -0.05) is 44.2 Å². The van der Waals surface area contributed by atoms with Crippen molar-refractivity contribution < 1.29 is 23.3 Å². The SMILES string of the molecule is COC(=O)[C@H](CCS(=O)C(C)C)NC(=O)OCc1ccccc1. The molecule has 23 heavy (non-hydrogen) atoms. The molecule has 1 unspecified atom stereocenters. The third kappa shape index (κ3) is 7.27. The molecule has 0 saturated carbocycles. The summed E-state index contributed by atoms with van der Waals surface area (Å²) < 4.78 is 21.5. The Hall–Kier alpha value is -1.89. The second-order valence-corrected chi connectivity index (χ2v) is 7.32. The second-order valence-electron chi connectivity index (χ2n) is 5.20. The van der Waals surface area contributed by atoms with E-state index in [0.29, 0.717) is 5.75 Å². The van der Waals surface area contributed by atoms with E-state index in [1.54, 1.807) is 0 Å². The van der Waals surface area contributed by atoms with Gasteiger partial charge >= 0.3 is 12.1 Å². The fourth-order valence-electron chi connectivity index (χ4n) is 1.77. The van der Waals surface area contributed by atoms with Gasteiger partial charge in [-0.3, -0.25) is 4.21 Å². The van der Waals surface area contributed by atoms with Gasteiger partial charge in [0, 0.05) is 21.8 Å². The van der Waals surface area contributed by atoms with Crippen LogP contribution in [0.15, 0.2) is 30.3 Å². The van der Waals surface area contributed by atoms with Gasteiger partial charge in [0.2, 0.25) is 0 Å². The molecule has 0 heterocycles. The molecule has 1 rings (SSSR count). The summed E-state index contributed by atoms with van der Waals surface area (Å²) in [7, 11) is 0.183. The molecule has 1 N–H and O–H groups in total. The first-order chi connectivity index (χ1) is 10.9. The molecule has 0 aromatic heterocycles. The van der Waals surface area contributed by atoms with E-state index >= 15 is 0 Å². The maximum Gasteiger partial charge on any atom is 0.408 e. The Morgan fingerprint density at radius 2 is 1.87 bits per heavy atom. The van der Waals surface area contributed by atoms with Crippen molar-refractivity contribution in [3.05, 3.63) is 35.9 Å². The molecule has 128 valence electrons. The van der Waals surface area contributed by atoms with Crippen LogP contribution in [0, 0.1) is 0 Å². The molecule has 0 spiro atoms. The van der Waals surface area contributed by atoms with Gasteiger partial charge < -0.3 is 14.8 Å². The highest BCUT2D eigenvalue weighted by Gasteiger charge is 2.23. The molecule has 7 heteroatoms. The lowest BCUT2D eigenvalue weighted by Crippen LogP contribution is -2.42. The number of rotatable bonds is 8. The molecule has 0 saturated heterocycles. The molecule has 0 bridgehead atoms. The van der Waals surface area contributed by atoms with Gasteiger partial charge in [0.15, 0.2) is 0 Å². The Balaban J connectivity index is 2.50. The molecule has 2 atom stereocenters. The molecule has 0 aliphatic heterocycles. The second kappa shape index (κ2) is 9.99. The van der Waals surface area contributed by atoms with E-state index in [0.717, 1.165) is 5.56 Å². The van der Waals surface area contributed by atoms with Gasteiger partial charge in [-0.2, -0.15) is 0 Å². The van der Waals surface area contributed by atoms with Crippen molar-refractivity contribution >= 4 is 22.9 Å². The molecule has 0 aliphatic rings. The third-order valence-electron chi connectivity index (χ3n) is 3.12. The van der Waals surface area contributed by atoms with Crippen LogP contribution in [0.25, 0.3) is 0 Å². The summed E-state index contributed by atoms with van der Waals surface area (Å²) in [6.07, 6.45) is -0.475. The number of hydrogen-bond acceptors (Lipinski definition) is 5. The Kier molecular flexibility index (Phi) is 8.32. The number of ether oxygens (including phenoxy) is 2. The standard InChI is InChI=1S/C16H23NO5S/c1-12(2)23(20)10-9-14(15(18)21-3)17-16(19)22-11-13-7-5-4-6-8-13/h4-8,12,14H,9-11H2,1-3H3,(H,17,19)/t14-,23?/m0/s1. The van der Waals surface area contributed by atoms with Crippen LogP contribution in [-0.2, 0) is 31.7 Å². The summed E-state index contributed by atoms with van der Waals surface area (Å²) in [6.45, 7) is 3.79. The minimum atomic E-state index is -1.06. The van der Waals surface area contributed by atoms with E-state index in [9.17, 15) is 13.8 Å². The van der Waals surface area contributed by atoms with Crippen LogP contribution in [0.2, 0.25) is 0 Å². The first-order valence-corrected chi connectivity index (χ1v) is 8.74. The predicted molar refractivity (Wildman–Crippen MR) is 88.3 cm³/mol. The molecule has 0 radical (unpaired) electrons. The van der Waals surface area contributed by atoms with Crippen molar-refractivity contribution in [2.75, 3.05) is 12.9 Å². The molecular weight excluding hydrogens is 318 g/mol. The predicted octanol–water partition coefficient (Wildman–Crippen LogP) is 2.00. The Labute approximate surface area is 139 Å². The highest BCUT2D eigenvalue weighted by atomic mass is 32.2. The van der Waals surface area contributed by atoms with Gasteiger partial charge in [-0.15, -0.1) is 0 Å². The zero-order chi connectivity index (χ0) is 17.2. The van der Waals surface area contributed by atoms with Gasteiger partial charge in [-0.25, -0.2) is 9.59 Å². The number of amides is 1. The molecule has 0 fully saturated rings. The fourth-order valence-corrected chi connectivity index (χ4v) is 2.71. The van der Waals surface area contributed by atoms with E-state index in [-0.39, 0.29) is 18.3 Å². The average Bonchev–Trinajstić information content (AvgIpc) is 2.56. The van der Waals surface area contributed by atoms with Crippen LogP contribution in [-0.4, -0.2) is 40.4 Å². The lowest BCUT2D eigenvalue weighted by atomic mass is 10.2. The topological polar surface area (TPSA) is 81.7 Å². The number of methoxy groups -OCH3 is 1. The quantitative estimate of drug-likeness (QED) is 0.732. The molecule has 1 aromatic rings. The van der Waals surface area contributed by atoms with Crippen molar-refractivity contribution in [3.8, 4) is 0 Å². The van der Waals surface area contributed by atoms with Crippen molar-refractivity contribution in [1.82, 2.24) is 5.32 Å². The maximum absolute atomic E-state index is 11.8. The van der Waals surface area contributed by atoms with Crippen LogP contribution in [0.1, 0.15) is 25.8 Å². The molecule has 6 nitrogen and oxygen atoms in total. The maximum atomic E-state index is 11.8. The third-order valence-corrected chi connectivity index (χ3v) is 4.81. The molecular formula is C16H23NO5S. The summed E-state index contributed by atoms with van der Waals surface area (Å²) in [5.74, 6) is -0.279. The lowest BCUT2D eigenvalue weighted by Gasteiger charge is -2.16. The first kappa shape index (κ1) is 19.2. The normalized spacial score (nSPS) is 13.2. The fraction of sp³-hybridized carbons (Fsp3) is 0.500. The smallest absolute Gasteiger partial charge is 0.408 e. The van der Waals surface area contributed by atoms with E-state index in [4.69, 9.17) is 4.74 Å². The van der Waals surface area contributed by atoms with Gasteiger partial charge in [0.05, 0.1) is 7.11 Å². The van der Waals surface area contributed by atoms with Crippen molar-refractivity contribution in [3.63, 3.8) is 0 Å². The summed E-state index contributed by atoms with van der Waals surface area (Å²) >= 11 is 0. The van der Waals surface area contributed by atoms with Crippen LogP contribution in [0.3, 0.4) is 0 Å². The van der Waals surface area contributed by atoms with E-state index in [2.05, 4.69) is 10.1 Å². The summed E-state index contributed by atoms with van der Waals surface area (Å²) in [5, 5.41) is 2.46. The van der Waals surface area contributed by atoms with E-state index in [1.165, 1.54) is 7.11 Å². The minimum absolute atomic E-state index is 0.00155. The van der Waals surface area contributed by atoms with Crippen LogP contribution < -0.4 is 5.32 Å². The van der Waals surface area contributed by atoms with Crippen molar-refractivity contribution in [2.45, 2.75) is 38.2 Å². The number of benzene rings is 1. The molecule has 0 aliphatic carbocycles. The monoisotopic (exact) mass is 341 g/mol. The van der Waals surface area contributed by atoms with E-state index in [1.807, 2.05) is 44.2 Å². The number of nitrogens with one attached hydrogen (secondary N) is 1. The summed E-state index contributed by atoms with van der Waals surface area (Å²) in [6, 6.07) is 8.34. The average molecular weight is 341 g/mol. The number of alkyl carbamates (subject to hydrolysis) is 1. The minimum Gasteiger partial charge on any atom is -0.467 e. The number of hydrogen-bond donors (Lipinski definition) is 1. The molecule has 1 aromatic carbocycles. The molecule has 1 amide bonds. The van der Waals surface area contributed by atoms with Gasteiger partial charge in [0.1, 0.15) is 12.6 Å².